The molecule has 0 bridgehead atoms. The fourth-order valence-electron chi connectivity index (χ4n) is 3.69. The summed E-state index contributed by atoms with van der Waals surface area (Å²) in [5.41, 5.74) is 0. The van der Waals surface area contributed by atoms with Crippen molar-refractivity contribution < 1.29 is 26.7 Å². The van der Waals surface area contributed by atoms with Gasteiger partial charge in [0.15, 0.2) is 21.4 Å². The van der Waals surface area contributed by atoms with Crippen LogP contribution in [0.25, 0.3) is 0 Å². The van der Waals surface area contributed by atoms with Crippen molar-refractivity contribution in [1.29, 1.82) is 0 Å². The predicted octanol–water partition coefficient (Wildman–Crippen LogP) is 1.50. The monoisotopic (exact) mass is 402 g/mol. The highest BCUT2D eigenvalue weighted by Crippen LogP contribution is 2.23. The number of sulfone groups is 1. The van der Waals surface area contributed by atoms with E-state index < -0.39 is 27.5 Å². The van der Waals surface area contributed by atoms with Gasteiger partial charge in [-0.2, -0.15) is 0 Å². The largest absolute Gasteiger partial charge is 0.491 e. The van der Waals surface area contributed by atoms with Crippen molar-refractivity contribution in [2.45, 2.75) is 37.8 Å². The summed E-state index contributed by atoms with van der Waals surface area (Å²) in [4.78, 5) is 14.3. The second-order valence-corrected chi connectivity index (χ2v) is 9.24. The normalized spacial score (nSPS) is 24.8. The molecule has 1 aromatic rings. The summed E-state index contributed by atoms with van der Waals surface area (Å²) in [7, 11) is -3.15. The molecule has 2 fully saturated rings. The molecule has 1 aromatic carbocycles. The molecule has 1 amide bonds. The molecule has 2 heterocycles. The molecule has 3 rings (SSSR count). The lowest BCUT2D eigenvalue weighted by Crippen LogP contribution is -2.50. The van der Waals surface area contributed by atoms with Crippen LogP contribution >= 0.6 is 0 Å². The smallest absolute Gasteiger partial charge is 0.220 e. The molecule has 0 radical (unpaired) electrons. The Balaban J connectivity index is 1.45. The molecule has 2 saturated heterocycles. The van der Waals surface area contributed by atoms with Gasteiger partial charge in [0, 0.05) is 18.5 Å². The minimum Gasteiger partial charge on any atom is -0.491 e. The third kappa shape index (κ3) is 5.38. The number of nitrogens with zero attached hydrogens (tertiary/aromatic N) is 1. The van der Waals surface area contributed by atoms with E-state index in [9.17, 15) is 22.0 Å². The van der Waals surface area contributed by atoms with Crippen LogP contribution in [0.15, 0.2) is 18.2 Å². The molecule has 2 aliphatic rings. The third-order valence-corrected chi connectivity index (χ3v) is 6.69. The summed E-state index contributed by atoms with van der Waals surface area (Å²) in [5, 5.41) is 2.84. The zero-order chi connectivity index (χ0) is 19.4. The quantitative estimate of drug-likeness (QED) is 0.700. The van der Waals surface area contributed by atoms with Crippen molar-refractivity contribution >= 4 is 15.7 Å². The van der Waals surface area contributed by atoms with Gasteiger partial charge < -0.3 is 10.1 Å². The SMILES string of the molecule is O=C(CCCOc1ccc(F)cc1F)NC1CS(=O)(=O)CC1N1CCCC1. The standard InChI is InChI=1S/C18H24F2N2O4S/c19-13-5-6-17(14(20)10-13)26-9-3-4-18(23)21-15-11-27(24,25)12-16(15)22-7-1-2-8-22/h5-6,10,15-16H,1-4,7-9,11-12H2,(H,21,23). The van der Waals surface area contributed by atoms with E-state index in [-0.39, 0.29) is 42.2 Å². The number of likely N-dealkylation sites (tertiary alicyclic amines) is 1. The van der Waals surface area contributed by atoms with Crippen molar-refractivity contribution in [3.8, 4) is 5.75 Å². The van der Waals surface area contributed by atoms with Crippen LogP contribution < -0.4 is 10.1 Å². The van der Waals surface area contributed by atoms with E-state index in [4.69, 9.17) is 4.74 Å². The molecule has 0 spiro atoms. The van der Waals surface area contributed by atoms with E-state index in [1.807, 2.05) is 0 Å². The van der Waals surface area contributed by atoms with Crippen LogP contribution in [0.5, 0.6) is 5.75 Å². The summed E-state index contributed by atoms with van der Waals surface area (Å²) in [6.45, 7) is 1.84. The van der Waals surface area contributed by atoms with Crippen LogP contribution in [0.2, 0.25) is 0 Å². The Labute approximate surface area is 157 Å². The number of benzene rings is 1. The number of carbonyl (C=O) groups is 1. The van der Waals surface area contributed by atoms with Gasteiger partial charge in [0.1, 0.15) is 5.82 Å². The number of carbonyl (C=O) groups excluding carboxylic acids is 1. The van der Waals surface area contributed by atoms with E-state index in [2.05, 4.69) is 10.2 Å². The molecule has 2 atom stereocenters. The van der Waals surface area contributed by atoms with E-state index in [1.165, 1.54) is 6.07 Å². The molecule has 27 heavy (non-hydrogen) atoms. The molecule has 0 aliphatic carbocycles. The van der Waals surface area contributed by atoms with Crippen LogP contribution in [-0.4, -0.2) is 62.5 Å². The Morgan fingerprint density at radius 3 is 2.67 bits per heavy atom. The summed E-state index contributed by atoms with van der Waals surface area (Å²) >= 11 is 0. The second-order valence-electron chi connectivity index (χ2n) is 7.09. The van der Waals surface area contributed by atoms with Gasteiger partial charge in [0.25, 0.3) is 0 Å². The Hall–Kier alpha value is -1.74. The lowest BCUT2D eigenvalue weighted by molar-refractivity contribution is -0.122. The molecular formula is C18H24F2N2O4S. The first-order valence-corrected chi connectivity index (χ1v) is 11.0. The predicted molar refractivity (Wildman–Crippen MR) is 96.3 cm³/mol. The van der Waals surface area contributed by atoms with E-state index >= 15 is 0 Å². The van der Waals surface area contributed by atoms with Crippen molar-refractivity contribution in [2.75, 3.05) is 31.2 Å². The van der Waals surface area contributed by atoms with Crippen LogP contribution in [0, 0.1) is 11.6 Å². The zero-order valence-corrected chi connectivity index (χ0v) is 15.8. The number of nitrogens with one attached hydrogen (secondary N) is 1. The molecular weight excluding hydrogens is 378 g/mol. The van der Waals surface area contributed by atoms with Crippen LogP contribution in [-0.2, 0) is 14.6 Å². The van der Waals surface area contributed by atoms with Gasteiger partial charge in [-0.25, -0.2) is 17.2 Å². The molecule has 9 heteroatoms. The van der Waals surface area contributed by atoms with Crippen molar-refractivity contribution in [3.05, 3.63) is 29.8 Å². The summed E-state index contributed by atoms with van der Waals surface area (Å²) in [5.74, 6) is -1.72. The van der Waals surface area contributed by atoms with Crippen molar-refractivity contribution in [1.82, 2.24) is 10.2 Å². The van der Waals surface area contributed by atoms with E-state index in [1.54, 1.807) is 0 Å². The van der Waals surface area contributed by atoms with Crippen molar-refractivity contribution in [3.63, 3.8) is 0 Å². The maximum Gasteiger partial charge on any atom is 0.220 e. The van der Waals surface area contributed by atoms with Crippen molar-refractivity contribution in [2.24, 2.45) is 0 Å². The maximum absolute atomic E-state index is 13.5. The number of hydrogen-bond donors (Lipinski definition) is 1. The first kappa shape index (κ1) is 20.0. The maximum atomic E-state index is 13.5. The van der Waals surface area contributed by atoms with Gasteiger partial charge in [-0.05, 0) is 44.5 Å². The Bertz CT molecular complexity index is 782. The number of hydrogen-bond acceptors (Lipinski definition) is 5. The van der Waals surface area contributed by atoms with Crippen LogP contribution in [0.4, 0.5) is 8.78 Å². The Morgan fingerprint density at radius 2 is 1.96 bits per heavy atom. The van der Waals surface area contributed by atoms with Crippen LogP contribution in [0.3, 0.4) is 0 Å². The first-order chi connectivity index (χ1) is 12.8. The second kappa shape index (κ2) is 8.52. The fourth-order valence-corrected chi connectivity index (χ4v) is 5.64. The van der Waals surface area contributed by atoms with Gasteiger partial charge in [0.2, 0.25) is 5.91 Å². The van der Waals surface area contributed by atoms with Gasteiger partial charge in [-0.15, -0.1) is 0 Å². The number of ether oxygens (including phenoxy) is 1. The number of halogens is 2. The summed E-state index contributed by atoms with van der Waals surface area (Å²) in [6, 6.07) is 2.49. The van der Waals surface area contributed by atoms with Gasteiger partial charge >= 0.3 is 0 Å². The van der Waals surface area contributed by atoms with Crippen LogP contribution in [0.1, 0.15) is 25.7 Å². The first-order valence-electron chi connectivity index (χ1n) is 9.16. The highest BCUT2D eigenvalue weighted by molar-refractivity contribution is 7.91. The summed E-state index contributed by atoms with van der Waals surface area (Å²) < 4.78 is 55.5. The van der Waals surface area contributed by atoms with Gasteiger partial charge in [-0.3, -0.25) is 9.69 Å². The zero-order valence-electron chi connectivity index (χ0n) is 15.0. The average Bonchev–Trinajstić information content (AvgIpc) is 3.20. The highest BCUT2D eigenvalue weighted by Gasteiger charge is 2.42. The molecule has 0 saturated carbocycles. The average molecular weight is 402 g/mol. The lowest BCUT2D eigenvalue weighted by atomic mass is 10.1. The minimum absolute atomic E-state index is 0.0306. The number of rotatable bonds is 7. The highest BCUT2D eigenvalue weighted by atomic mass is 32.2. The van der Waals surface area contributed by atoms with Gasteiger partial charge in [0.05, 0.1) is 24.2 Å². The van der Waals surface area contributed by atoms with Gasteiger partial charge in [-0.1, -0.05) is 0 Å². The minimum atomic E-state index is -3.15. The fraction of sp³-hybridized carbons (Fsp3) is 0.611. The molecule has 2 aliphatic heterocycles. The topological polar surface area (TPSA) is 75.7 Å². The number of amides is 1. The molecule has 6 nitrogen and oxygen atoms in total. The summed E-state index contributed by atoms with van der Waals surface area (Å²) in [6.07, 6.45) is 2.59. The van der Waals surface area contributed by atoms with E-state index in [0.29, 0.717) is 6.42 Å². The molecule has 150 valence electrons. The lowest BCUT2D eigenvalue weighted by Gasteiger charge is -2.28. The molecule has 1 N–H and O–H groups in total. The Morgan fingerprint density at radius 1 is 1.22 bits per heavy atom. The molecule has 0 aromatic heterocycles. The Kier molecular flexibility index (Phi) is 6.31. The molecule has 2 unspecified atom stereocenters. The third-order valence-electron chi connectivity index (χ3n) is 4.98. The van der Waals surface area contributed by atoms with E-state index in [0.717, 1.165) is 38.1 Å².